The predicted molar refractivity (Wildman–Crippen MR) is 128 cm³/mol. The van der Waals surface area contributed by atoms with Crippen LogP contribution in [0.1, 0.15) is 0 Å². The molecular formula is C23H27N7OS. The molecule has 1 aliphatic rings. The van der Waals surface area contributed by atoms with E-state index in [1.54, 1.807) is 12.4 Å². The van der Waals surface area contributed by atoms with E-state index in [1.165, 1.54) is 0 Å². The summed E-state index contributed by atoms with van der Waals surface area (Å²) in [4.78, 5) is 21.0. The van der Waals surface area contributed by atoms with Crippen molar-refractivity contribution in [3.63, 3.8) is 0 Å². The van der Waals surface area contributed by atoms with Crippen molar-refractivity contribution in [1.29, 1.82) is 0 Å². The Hall–Kier alpha value is -3.14. The van der Waals surface area contributed by atoms with E-state index in [1.807, 2.05) is 57.8 Å². The topological polar surface area (TPSA) is 71.2 Å². The first-order chi connectivity index (χ1) is 15.6. The second-order valence-corrected chi connectivity index (χ2v) is 8.06. The number of nitrogens with one attached hydrogen (secondary N) is 1. The number of anilines is 1. The molecule has 1 aliphatic heterocycles. The van der Waals surface area contributed by atoms with Crippen LogP contribution in [-0.2, 0) is 18.0 Å². The maximum atomic E-state index is 12.3. The first-order valence-corrected chi connectivity index (χ1v) is 11.0. The Labute approximate surface area is 192 Å². The second-order valence-electron chi connectivity index (χ2n) is 7.70. The van der Waals surface area contributed by atoms with Crippen molar-refractivity contribution in [2.45, 2.75) is 13.2 Å². The summed E-state index contributed by atoms with van der Waals surface area (Å²) in [6, 6.07) is 13.4. The number of para-hydroxylation sites is 1. The van der Waals surface area contributed by atoms with Crippen molar-refractivity contribution >= 4 is 23.8 Å². The van der Waals surface area contributed by atoms with Gasteiger partial charge >= 0.3 is 0 Å². The number of amides is 1. The Kier molecular flexibility index (Phi) is 7.21. The van der Waals surface area contributed by atoms with E-state index in [0.29, 0.717) is 24.5 Å². The lowest BCUT2D eigenvalue weighted by Crippen LogP contribution is -2.49. The Bertz CT molecular complexity index is 1100. The Morgan fingerprint density at radius 1 is 1.09 bits per heavy atom. The summed E-state index contributed by atoms with van der Waals surface area (Å²) >= 11 is 5.69. The summed E-state index contributed by atoms with van der Waals surface area (Å²) in [5.74, 6) is 0.801. The zero-order valence-electron chi connectivity index (χ0n) is 17.9. The highest BCUT2D eigenvalue weighted by Crippen LogP contribution is 2.18. The van der Waals surface area contributed by atoms with Gasteiger partial charge in [0.25, 0.3) is 0 Å². The van der Waals surface area contributed by atoms with E-state index >= 15 is 0 Å². The molecule has 1 aromatic carbocycles. The molecule has 1 saturated heterocycles. The molecule has 9 heteroatoms. The Morgan fingerprint density at radius 3 is 2.53 bits per heavy atom. The van der Waals surface area contributed by atoms with E-state index in [-0.39, 0.29) is 5.91 Å². The molecule has 0 aliphatic carbocycles. The van der Waals surface area contributed by atoms with Gasteiger partial charge in [0, 0.05) is 56.4 Å². The van der Waals surface area contributed by atoms with Crippen LogP contribution in [0.4, 0.5) is 5.69 Å². The number of hydrogen-bond donors (Lipinski definition) is 1. The fraction of sp³-hybridized carbons (Fsp3) is 0.304. The summed E-state index contributed by atoms with van der Waals surface area (Å²) in [5, 5.41) is 7.72. The molecule has 1 fully saturated rings. The second kappa shape index (κ2) is 10.4. The number of pyridine rings is 1. The van der Waals surface area contributed by atoms with Crippen LogP contribution < -0.4 is 5.32 Å². The molecule has 2 aromatic heterocycles. The van der Waals surface area contributed by atoms with Gasteiger partial charge in [0.1, 0.15) is 0 Å². The van der Waals surface area contributed by atoms with Gasteiger partial charge in [-0.15, -0.1) is 6.58 Å². The Balaban J connectivity index is 1.35. The first-order valence-electron chi connectivity index (χ1n) is 10.6. The van der Waals surface area contributed by atoms with Crippen molar-refractivity contribution in [3.05, 3.63) is 72.3 Å². The van der Waals surface area contributed by atoms with Gasteiger partial charge in [-0.25, -0.2) is 4.68 Å². The zero-order chi connectivity index (χ0) is 22.3. The van der Waals surface area contributed by atoms with Crippen LogP contribution in [0.3, 0.4) is 0 Å². The van der Waals surface area contributed by atoms with Crippen molar-refractivity contribution in [1.82, 2.24) is 29.1 Å². The fourth-order valence-corrected chi connectivity index (χ4v) is 4.00. The average molecular weight is 450 g/mol. The summed E-state index contributed by atoms with van der Waals surface area (Å²) in [7, 11) is 0. The number of rotatable bonds is 8. The van der Waals surface area contributed by atoms with Gasteiger partial charge in [-0.2, -0.15) is 5.10 Å². The third-order valence-corrected chi connectivity index (χ3v) is 5.81. The number of carbonyl (C=O) groups is 1. The third kappa shape index (κ3) is 5.37. The van der Waals surface area contributed by atoms with E-state index in [4.69, 9.17) is 17.3 Å². The lowest BCUT2D eigenvalue weighted by molar-refractivity contribution is -0.117. The van der Waals surface area contributed by atoms with E-state index < -0.39 is 0 Å². The monoisotopic (exact) mass is 449 g/mol. The van der Waals surface area contributed by atoms with Gasteiger partial charge in [0.05, 0.1) is 13.2 Å². The maximum Gasteiger partial charge on any atom is 0.238 e. The highest BCUT2D eigenvalue weighted by atomic mass is 32.1. The zero-order valence-corrected chi connectivity index (χ0v) is 18.7. The van der Waals surface area contributed by atoms with Gasteiger partial charge in [0.15, 0.2) is 10.6 Å². The molecule has 0 bridgehead atoms. The summed E-state index contributed by atoms with van der Waals surface area (Å²) < 4.78 is 4.50. The number of carbonyl (C=O) groups excluding carboxylic acids is 1. The molecule has 4 rings (SSSR count). The minimum Gasteiger partial charge on any atom is -0.325 e. The molecule has 0 saturated carbocycles. The molecule has 1 N–H and O–H groups in total. The quantitative estimate of drug-likeness (QED) is 0.421. The number of benzene rings is 1. The first kappa shape index (κ1) is 22.1. The van der Waals surface area contributed by atoms with Crippen LogP contribution in [0.25, 0.3) is 11.4 Å². The van der Waals surface area contributed by atoms with Crippen molar-refractivity contribution < 1.29 is 4.79 Å². The number of aromatic nitrogens is 4. The predicted octanol–water partition coefficient (Wildman–Crippen LogP) is 2.88. The number of allylic oxidation sites excluding steroid dienone is 1. The van der Waals surface area contributed by atoms with E-state index in [9.17, 15) is 4.79 Å². The van der Waals surface area contributed by atoms with Gasteiger partial charge in [-0.1, -0.05) is 24.3 Å². The van der Waals surface area contributed by atoms with Crippen LogP contribution in [0.15, 0.2) is 67.5 Å². The number of piperazine rings is 1. The van der Waals surface area contributed by atoms with Gasteiger partial charge in [-0.3, -0.25) is 24.1 Å². The van der Waals surface area contributed by atoms with Crippen LogP contribution in [0.2, 0.25) is 0 Å². The summed E-state index contributed by atoms with van der Waals surface area (Å²) in [5.41, 5.74) is 1.75. The highest BCUT2D eigenvalue weighted by Gasteiger charge is 2.21. The molecule has 8 nitrogen and oxygen atoms in total. The van der Waals surface area contributed by atoms with E-state index in [0.717, 1.165) is 43.3 Å². The van der Waals surface area contributed by atoms with Gasteiger partial charge in [-0.05, 0) is 36.5 Å². The molecule has 0 spiro atoms. The lowest BCUT2D eigenvalue weighted by Gasteiger charge is -2.33. The average Bonchev–Trinajstić information content (AvgIpc) is 3.12. The van der Waals surface area contributed by atoms with Crippen molar-refractivity contribution in [2.24, 2.45) is 0 Å². The number of hydrogen-bond acceptors (Lipinski definition) is 6. The third-order valence-electron chi connectivity index (χ3n) is 5.38. The molecule has 1 amide bonds. The minimum absolute atomic E-state index is 0.0103. The molecule has 166 valence electrons. The highest BCUT2D eigenvalue weighted by molar-refractivity contribution is 7.71. The van der Waals surface area contributed by atoms with Crippen molar-refractivity contribution in [2.75, 3.05) is 38.0 Å². The molecule has 3 heterocycles. The standard InChI is InChI=1S/C23H27N7OS/c1-2-11-29-22(19-7-6-10-24-16-19)26-30(23(29)32)18-28-14-12-27(13-15-28)17-21(31)25-20-8-4-3-5-9-20/h2-10,16H,1,11-15,17-18H2,(H,25,31). The largest absolute Gasteiger partial charge is 0.325 e. The Morgan fingerprint density at radius 2 is 1.84 bits per heavy atom. The van der Waals surface area contributed by atoms with Gasteiger partial charge in [0.2, 0.25) is 5.91 Å². The van der Waals surface area contributed by atoms with Gasteiger partial charge < -0.3 is 5.32 Å². The molecule has 32 heavy (non-hydrogen) atoms. The molecule has 0 atom stereocenters. The number of nitrogens with zero attached hydrogens (tertiary/aromatic N) is 6. The van der Waals surface area contributed by atoms with E-state index in [2.05, 4.69) is 26.7 Å². The normalized spacial score (nSPS) is 14.9. The van der Waals surface area contributed by atoms with Crippen LogP contribution in [0, 0.1) is 4.77 Å². The minimum atomic E-state index is 0.0103. The van der Waals surface area contributed by atoms with Crippen LogP contribution >= 0.6 is 12.2 Å². The molecular weight excluding hydrogens is 422 g/mol. The lowest BCUT2D eigenvalue weighted by atomic mass is 10.3. The van der Waals surface area contributed by atoms with Crippen LogP contribution in [0.5, 0.6) is 0 Å². The van der Waals surface area contributed by atoms with Crippen molar-refractivity contribution in [3.8, 4) is 11.4 Å². The maximum absolute atomic E-state index is 12.3. The molecule has 0 unspecified atom stereocenters. The molecule has 0 radical (unpaired) electrons. The summed E-state index contributed by atoms with van der Waals surface area (Å²) in [6.07, 6.45) is 5.35. The fourth-order valence-electron chi connectivity index (χ4n) is 3.74. The summed E-state index contributed by atoms with van der Waals surface area (Å²) in [6.45, 7) is 8.76. The van der Waals surface area contributed by atoms with Crippen LogP contribution in [-0.4, -0.2) is 67.8 Å². The SMILES string of the molecule is C=CCn1c(-c2cccnc2)nn(CN2CCN(CC(=O)Nc3ccccc3)CC2)c1=S. The smallest absolute Gasteiger partial charge is 0.238 e. The molecule has 3 aromatic rings.